The normalized spacial score (nSPS) is 17.0. The first-order chi connectivity index (χ1) is 14.3. The van der Waals surface area contributed by atoms with Gasteiger partial charge in [-0.05, 0) is 41.7 Å². The Morgan fingerprint density at radius 2 is 1.97 bits per heavy atom. The molecule has 3 aromatic heterocycles. The molecule has 30 heavy (non-hydrogen) atoms. The predicted octanol–water partition coefficient (Wildman–Crippen LogP) is 5.09. The third-order valence-electron chi connectivity index (χ3n) is 6.32. The first-order valence-corrected chi connectivity index (χ1v) is 12.2. The molecule has 0 fully saturated rings. The average molecular weight is 439 g/mol. The van der Waals surface area contributed by atoms with Crippen molar-refractivity contribution in [2.24, 2.45) is 18.4 Å². The van der Waals surface area contributed by atoms with E-state index in [4.69, 9.17) is 0 Å². The molecule has 0 aliphatic heterocycles. The van der Waals surface area contributed by atoms with Crippen LogP contribution in [0.2, 0.25) is 0 Å². The van der Waals surface area contributed by atoms with Crippen molar-refractivity contribution in [3.05, 3.63) is 56.7 Å². The highest BCUT2D eigenvalue weighted by atomic mass is 32.2. The molecule has 0 bridgehead atoms. The number of hydrogen-bond donors (Lipinski definition) is 0. The Morgan fingerprint density at radius 3 is 2.70 bits per heavy atom. The van der Waals surface area contributed by atoms with Gasteiger partial charge in [-0.3, -0.25) is 9.36 Å². The van der Waals surface area contributed by atoms with Crippen molar-refractivity contribution < 1.29 is 0 Å². The van der Waals surface area contributed by atoms with Gasteiger partial charge < -0.3 is 0 Å². The van der Waals surface area contributed by atoms with Crippen LogP contribution in [0, 0.1) is 11.3 Å². The van der Waals surface area contributed by atoms with E-state index in [0.717, 1.165) is 40.4 Å². The van der Waals surface area contributed by atoms with Gasteiger partial charge in [0.2, 0.25) is 5.78 Å². The van der Waals surface area contributed by atoms with Gasteiger partial charge in [0.15, 0.2) is 5.16 Å². The molecule has 4 aromatic rings. The van der Waals surface area contributed by atoms with Crippen molar-refractivity contribution in [2.75, 3.05) is 0 Å². The van der Waals surface area contributed by atoms with E-state index >= 15 is 0 Å². The number of thioether (sulfide) groups is 1. The second kappa shape index (κ2) is 7.24. The summed E-state index contributed by atoms with van der Waals surface area (Å²) in [6.07, 6.45) is 3.17. The maximum Gasteiger partial charge on any atom is 0.263 e. The van der Waals surface area contributed by atoms with E-state index in [1.54, 1.807) is 27.7 Å². The summed E-state index contributed by atoms with van der Waals surface area (Å²) in [6.45, 7) is 6.97. The molecular formula is C23H26N4OS2. The summed E-state index contributed by atoms with van der Waals surface area (Å²) < 4.78 is 3.75. The molecule has 7 heteroatoms. The number of benzene rings is 1. The Labute approximate surface area is 184 Å². The second-order valence-electron chi connectivity index (χ2n) is 9.25. The molecular weight excluding hydrogens is 412 g/mol. The highest BCUT2D eigenvalue weighted by Gasteiger charge is 2.32. The summed E-state index contributed by atoms with van der Waals surface area (Å²) in [5.41, 5.74) is 2.84. The first kappa shape index (κ1) is 19.8. The molecule has 3 heterocycles. The minimum Gasteiger partial charge on any atom is -0.279 e. The SMILES string of the molecule is Cn1c(=O)c2c3c(sc2n2c(SCc4ccccc4)nnc12)C[C@H](C(C)(C)C)CC3. The van der Waals surface area contributed by atoms with Crippen LogP contribution in [0.15, 0.2) is 40.3 Å². The summed E-state index contributed by atoms with van der Waals surface area (Å²) >= 11 is 3.44. The smallest absolute Gasteiger partial charge is 0.263 e. The lowest BCUT2D eigenvalue weighted by Crippen LogP contribution is -2.27. The molecule has 1 aromatic carbocycles. The standard InChI is InChI=1S/C23H26N4OS2/c1-23(2,3)15-10-11-16-17(12-15)30-20-18(16)19(28)26(4)21-24-25-22(27(20)21)29-13-14-8-6-5-7-9-14/h5-9,15H,10-13H2,1-4H3/t15-/m1/s1. The number of aryl methyl sites for hydroxylation is 2. The minimum atomic E-state index is 0.0521. The van der Waals surface area contributed by atoms with E-state index in [-0.39, 0.29) is 11.0 Å². The van der Waals surface area contributed by atoms with Crippen LogP contribution in [0.4, 0.5) is 0 Å². The summed E-state index contributed by atoms with van der Waals surface area (Å²) in [7, 11) is 1.81. The molecule has 0 spiro atoms. The van der Waals surface area contributed by atoms with Gasteiger partial charge in [-0.15, -0.1) is 21.5 Å². The summed E-state index contributed by atoms with van der Waals surface area (Å²) in [5, 5.41) is 10.5. The fourth-order valence-corrected chi connectivity index (χ4v) is 6.78. The number of fused-ring (bicyclic) bond motifs is 5. The van der Waals surface area contributed by atoms with Gasteiger partial charge >= 0.3 is 0 Å². The highest BCUT2D eigenvalue weighted by Crippen LogP contribution is 2.43. The van der Waals surface area contributed by atoms with Crippen molar-refractivity contribution in [3.63, 3.8) is 0 Å². The van der Waals surface area contributed by atoms with Crippen LogP contribution in [0.5, 0.6) is 0 Å². The zero-order chi connectivity index (χ0) is 21.0. The number of thiophene rings is 1. The molecule has 0 saturated heterocycles. The van der Waals surface area contributed by atoms with Crippen molar-refractivity contribution in [1.82, 2.24) is 19.2 Å². The van der Waals surface area contributed by atoms with Crippen LogP contribution in [-0.2, 0) is 25.6 Å². The fourth-order valence-electron chi connectivity index (χ4n) is 4.42. The fraction of sp³-hybridized carbons (Fsp3) is 0.435. The maximum absolute atomic E-state index is 13.2. The lowest BCUT2D eigenvalue weighted by molar-refractivity contribution is 0.218. The van der Waals surface area contributed by atoms with E-state index in [1.807, 2.05) is 13.1 Å². The molecule has 0 amide bonds. The van der Waals surface area contributed by atoms with Crippen molar-refractivity contribution in [2.45, 2.75) is 50.9 Å². The van der Waals surface area contributed by atoms with Crippen molar-refractivity contribution in [3.8, 4) is 0 Å². The maximum atomic E-state index is 13.2. The summed E-state index contributed by atoms with van der Waals surface area (Å²) in [5.74, 6) is 2.09. The van der Waals surface area contributed by atoms with Gasteiger partial charge in [0.25, 0.3) is 5.56 Å². The number of nitrogens with zero attached hydrogens (tertiary/aromatic N) is 4. The van der Waals surface area contributed by atoms with Crippen LogP contribution in [-0.4, -0.2) is 19.2 Å². The Kier molecular flexibility index (Phi) is 4.78. The molecule has 1 aliphatic rings. The van der Waals surface area contributed by atoms with Gasteiger partial charge in [0.1, 0.15) is 4.83 Å². The van der Waals surface area contributed by atoms with Gasteiger partial charge in [-0.25, -0.2) is 4.40 Å². The number of hydrogen-bond acceptors (Lipinski definition) is 5. The molecule has 156 valence electrons. The third kappa shape index (κ3) is 3.19. The van der Waals surface area contributed by atoms with E-state index in [9.17, 15) is 4.79 Å². The average Bonchev–Trinajstić information content (AvgIpc) is 3.31. The molecule has 0 saturated carbocycles. The number of rotatable bonds is 3. The van der Waals surface area contributed by atoms with Gasteiger partial charge in [-0.2, -0.15) is 0 Å². The second-order valence-corrected chi connectivity index (χ2v) is 11.3. The van der Waals surface area contributed by atoms with Crippen molar-refractivity contribution in [1.29, 1.82) is 0 Å². The lowest BCUT2D eigenvalue weighted by Gasteiger charge is -2.33. The zero-order valence-electron chi connectivity index (χ0n) is 17.8. The molecule has 0 N–H and O–H groups in total. The van der Waals surface area contributed by atoms with Crippen LogP contribution >= 0.6 is 23.1 Å². The molecule has 0 radical (unpaired) electrons. The van der Waals surface area contributed by atoms with Crippen LogP contribution < -0.4 is 5.56 Å². The van der Waals surface area contributed by atoms with Crippen LogP contribution in [0.25, 0.3) is 16.0 Å². The Hall–Kier alpha value is -2.12. The molecule has 5 rings (SSSR count). The summed E-state index contributed by atoms with van der Waals surface area (Å²) in [4.78, 5) is 15.6. The Balaban J connectivity index is 1.64. The largest absolute Gasteiger partial charge is 0.279 e. The summed E-state index contributed by atoms with van der Waals surface area (Å²) in [6, 6.07) is 10.4. The quantitative estimate of drug-likeness (QED) is 0.418. The highest BCUT2D eigenvalue weighted by molar-refractivity contribution is 7.98. The molecule has 1 aliphatic carbocycles. The van der Waals surface area contributed by atoms with E-state index in [0.29, 0.717) is 11.7 Å². The predicted molar refractivity (Wildman–Crippen MR) is 125 cm³/mol. The van der Waals surface area contributed by atoms with E-state index in [1.165, 1.54) is 16.0 Å². The van der Waals surface area contributed by atoms with Gasteiger partial charge in [0.05, 0.1) is 5.39 Å². The van der Waals surface area contributed by atoms with Gasteiger partial charge in [-0.1, -0.05) is 62.9 Å². The van der Waals surface area contributed by atoms with Crippen LogP contribution in [0.3, 0.4) is 0 Å². The lowest BCUT2D eigenvalue weighted by atomic mass is 9.72. The van der Waals surface area contributed by atoms with E-state index < -0.39 is 0 Å². The Bertz CT molecular complexity index is 1290. The molecule has 1 atom stereocenters. The Morgan fingerprint density at radius 1 is 1.20 bits per heavy atom. The van der Waals surface area contributed by atoms with E-state index in [2.05, 4.69) is 59.6 Å². The molecule has 5 nitrogen and oxygen atoms in total. The van der Waals surface area contributed by atoms with Gasteiger partial charge in [0, 0.05) is 17.7 Å². The number of aromatic nitrogens is 4. The third-order valence-corrected chi connectivity index (χ3v) is 8.56. The zero-order valence-corrected chi connectivity index (χ0v) is 19.4. The first-order valence-electron chi connectivity index (χ1n) is 10.4. The van der Waals surface area contributed by atoms with Crippen LogP contribution in [0.1, 0.15) is 43.2 Å². The monoisotopic (exact) mass is 438 g/mol. The minimum absolute atomic E-state index is 0.0521. The van der Waals surface area contributed by atoms with Crippen molar-refractivity contribution >= 4 is 39.1 Å². The topological polar surface area (TPSA) is 52.2 Å². The molecule has 0 unspecified atom stereocenters.